The van der Waals surface area contributed by atoms with Gasteiger partial charge in [-0.1, -0.05) is 0 Å². The highest BCUT2D eigenvalue weighted by molar-refractivity contribution is 7.89. The van der Waals surface area contributed by atoms with Gasteiger partial charge >= 0.3 is 0 Å². The van der Waals surface area contributed by atoms with Crippen LogP contribution >= 0.6 is 0 Å². The minimum atomic E-state index is -4.11. The molecular weight excluding hydrogens is 299 g/mol. The number of benzene rings is 1. The van der Waals surface area contributed by atoms with Crippen LogP contribution in [0.3, 0.4) is 0 Å². The van der Waals surface area contributed by atoms with Gasteiger partial charge in [0.2, 0.25) is 10.0 Å². The van der Waals surface area contributed by atoms with Crippen molar-refractivity contribution in [1.29, 1.82) is 0 Å². The average Bonchev–Trinajstić information content (AvgIpc) is 2.29. The number of amides is 1. The average molecular weight is 318 g/mol. The summed E-state index contributed by atoms with van der Waals surface area (Å²) in [5.74, 6) is -1.45. The number of rotatable bonds is 5. The first-order valence-electron chi connectivity index (χ1n) is 6.12. The summed E-state index contributed by atoms with van der Waals surface area (Å²) in [4.78, 5) is 11.8. The van der Waals surface area contributed by atoms with E-state index in [0.717, 1.165) is 12.1 Å². The Labute approximate surface area is 123 Å². The number of primary sulfonamides is 1. The molecule has 0 radical (unpaired) electrons. The van der Waals surface area contributed by atoms with Crippen LogP contribution in [0.4, 0.5) is 4.39 Å². The summed E-state index contributed by atoms with van der Waals surface area (Å²) >= 11 is 0. The lowest BCUT2D eigenvalue weighted by atomic mass is 10.0. The number of nitrogens with one attached hydrogen (secondary N) is 1. The van der Waals surface area contributed by atoms with E-state index in [4.69, 9.17) is 9.88 Å². The highest BCUT2D eigenvalue weighted by atomic mass is 32.2. The predicted molar refractivity (Wildman–Crippen MR) is 75.9 cm³/mol. The summed E-state index contributed by atoms with van der Waals surface area (Å²) < 4.78 is 41.4. The van der Waals surface area contributed by atoms with Crippen molar-refractivity contribution in [3.63, 3.8) is 0 Å². The molecule has 0 saturated heterocycles. The van der Waals surface area contributed by atoms with Crippen LogP contribution in [0.15, 0.2) is 17.0 Å². The Morgan fingerprint density at radius 3 is 2.48 bits per heavy atom. The molecule has 1 rings (SSSR count). The summed E-state index contributed by atoms with van der Waals surface area (Å²) in [6.07, 6.45) is 0. The molecule has 0 aliphatic heterocycles. The van der Waals surface area contributed by atoms with Gasteiger partial charge in [0.05, 0.1) is 17.0 Å². The van der Waals surface area contributed by atoms with Crippen LogP contribution in [0.2, 0.25) is 0 Å². The molecule has 0 unspecified atom stereocenters. The van der Waals surface area contributed by atoms with Crippen molar-refractivity contribution in [3.8, 4) is 0 Å². The molecule has 0 aliphatic rings. The highest BCUT2D eigenvalue weighted by Crippen LogP contribution is 2.20. The van der Waals surface area contributed by atoms with E-state index in [-0.39, 0.29) is 17.7 Å². The molecule has 0 saturated carbocycles. The fourth-order valence-corrected chi connectivity index (χ4v) is 2.77. The summed E-state index contributed by atoms with van der Waals surface area (Å²) in [5, 5.41) is 7.68. The Morgan fingerprint density at radius 1 is 1.43 bits per heavy atom. The van der Waals surface area contributed by atoms with Crippen molar-refractivity contribution in [1.82, 2.24) is 5.32 Å². The van der Waals surface area contributed by atoms with Crippen LogP contribution in [0.1, 0.15) is 29.8 Å². The predicted octanol–water partition coefficient (Wildman–Crippen LogP) is 0.936. The lowest BCUT2D eigenvalue weighted by Crippen LogP contribution is -2.47. The Bertz CT molecular complexity index is 656. The van der Waals surface area contributed by atoms with E-state index in [0.29, 0.717) is 0 Å². The fraction of sp³-hybridized carbons (Fsp3) is 0.462. The first kappa shape index (κ1) is 17.5. The zero-order valence-electron chi connectivity index (χ0n) is 12.4. The van der Waals surface area contributed by atoms with Crippen molar-refractivity contribution in [3.05, 3.63) is 29.1 Å². The number of sulfonamides is 1. The van der Waals surface area contributed by atoms with Crippen LogP contribution in [-0.2, 0) is 14.8 Å². The molecule has 6 nitrogen and oxygen atoms in total. The van der Waals surface area contributed by atoms with Gasteiger partial charge in [-0.3, -0.25) is 4.79 Å². The molecule has 1 aromatic carbocycles. The topological polar surface area (TPSA) is 98.5 Å². The maximum Gasteiger partial charge on any atom is 0.252 e. The molecule has 0 atom stereocenters. The van der Waals surface area contributed by atoms with Crippen LogP contribution in [-0.4, -0.2) is 33.6 Å². The number of halogens is 1. The molecule has 0 aliphatic carbocycles. The van der Waals surface area contributed by atoms with E-state index < -0.39 is 32.2 Å². The van der Waals surface area contributed by atoms with Gasteiger partial charge in [-0.25, -0.2) is 17.9 Å². The van der Waals surface area contributed by atoms with E-state index in [1.165, 1.54) is 14.0 Å². The highest BCUT2D eigenvalue weighted by Gasteiger charge is 2.25. The lowest BCUT2D eigenvalue weighted by molar-refractivity contribution is 0.0818. The zero-order chi connectivity index (χ0) is 16.4. The first-order valence-corrected chi connectivity index (χ1v) is 7.67. The molecule has 0 aromatic heterocycles. The molecule has 0 spiro atoms. The summed E-state index contributed by atoms with van der Waals surface area (Å²) in [6.45, 7) is 5.10. The van der Waals surface area contributed by atoms with Crippen molar-refractivity contribution >= 4 is 15.9 Å². The van der Waals surface area contributed by atoms with Gasteiger partial charge < -0.3 is 10.1 Å². The normalized spacial score (nSPS) is 12.3. The first-order chi connectivity index (χ1) is 9.48. The number of ether oxygens (including phenoxy) is 1. The van der Waals surface area contributed by atoms with Gasteiger partial charge in [-0.15, -0.1) is 0 Å². The van der Waals surface area contributed by atoms with Crippen LogP contribution in [0, 0.1) is 12.7 Å². The third-order valence-electron chi connectivity index (χ3n) is 2.83. The SMILES string of the molecule is COCC(C)(C)NC(=O)c1cc(F)cc(S(N)(=O)=O)c1C. The van der Waals surface area contributed by atoms with Crippen molar-refractivity contribution < 1.29 is 22.3 Å². The number of hydrogen-bond donors (Lipinski definition) is 2. The summed E-state index contributed by atoms with van der Waals surface area (Å²) in [5.41, 5.74) is -0.667. The Balaban J connectivity index is 3.26. The monoisotopic (exact) mass is 318 g/mol. The van der Waals surface area contributed by atoms with Gasteiger partial charge in [-0.05, 0) is 38.5 Å². The third kappa shape index (κ3) is 4.48. The smallest absolute Gasteiger partial charge is 0.252 e. The Hall–Kier alpha value is -1.51. The third-order valence-corrected chi connectivity index (χ3v) is 3.87. The minimum Gasteiger partial charge on any atom is -0.382 e. The Kier molecular flexibility index (Phi) is 5.08. The molecule has 1 amide bonds. The number of hydrogen-bond acceptors (Lipinski definition) is 4. The van der Waals surface area contributed by atoms with Crippen LogP contribution < -0.4 is 10.5 Å². The van der Waals surface area contributed by atoms with E-state index in [2.05, 4.69) is 5.32 Å². The molecule has 118 valence electrons. The number of carbonyl (C=O) groups excluding carboxylic acids is 1. The number of carbonyl (C=O) groups is 1. The van der Waals surface area contributed by atoms with E-state index >= 15 is 0 Å². The van der Waals surface area contributed by atoms with Crippen molar-refractivity contribution in [2.24, 2.45) is 5.14 Å². The van der Waals surface area contributed by atoms with Crippen molar-refractivity contribution in [2.45, 2.75) is 31.2 Å². The molecule has 3 N–H and O–H groups in total. The van der Waals surface area contributed by atoms with E-state index in [1.54, 1.807) is 13.8 Å². The standard InChI is InChI=1S/C13H19FN2O4S/c1-8-10(12(17)16-13(2,3)7-20-4)5-9(14)6-11(8)21(15,18)19/h5-6H,7H2,1-4H3,(H,16,17)(H2,15,18,19). The maximum atomic E-state index is 13.6. The number of methoxy groups -OCH3 is 1. The molecule has 21 heavy (non-hydrogen) atoms. The molecule has 1 aromatic rings. The minimum absolute atomic E-state index is 0.0804. The van der Waals surface area contributed by atoms with Crippen molar-refractivity contribution in [2.75, 3.05) is 13.7 Å². The van der Waals surface area contributed by atoms with E-state index in [1.807, 2.05) is 0 Å². The quantitative estimate of drug-likeness (QED) is 0.844. The van der Waals surface area contributed by atoms with E-state index in [9.17, 15) is 17.6 Å². The van der Waals surface area contributed by atoms with Gasteiger partial charge in [0.25, 0.3) is 5.91 Å². The summed E-state index contributed by atoms with van der Waals surface area (Å²) in [6, 6.07) is 1.77. The van der Waals surface area contributed by atoms with Gasteiger partial charge in [0, 0.05) is 12.7 Å². The molecular formula is C13H19FN2O4S. The molecule has 0 fully saturated rings. The molecule has 0 heterocycles. The maximum absolute atomic E-state index is 13.6. The molecule has 0 bridgehead atoms. The van der Waals surface area contributed by atoms with Gasteiger partial charge in [0.1, 0.15) is 5.82 Å². The fourth-order valence-electron chi connectivity index (χ4n) is 1.96. The van der Waals surface area contributed by atoms with Gasteiger partial charge in [-0.2, -0.15) is 0 Å². The largest absolute Gasteiger partial charge is 0.382 e. The van der Waals surface area contributed by atoms with Crippen LogP contribution in [0.5, 0.6) is 0 Å². The second-order valence-corrected chi connectivity index (χ2v) is 6.92. The van der Waals surface area contributed by atoms with Gasteiger partial charge in [0.15, 0.2) is 0 Å². The van der Waals surface area contributed by atoms with Crippen LogP contribution in [0.25, 0.3) is 0 Å². The number of nitrogens with two attached hydrogens (primary N) is 1. The second-order valence-electron chi connectivity index (χ2n) is 5.39. The molecule has 8 heteroatoms. The Morgan fingerprint density at radius 2 is 2.00 bits per heavy atom. The second kappa shape index (κ2) is 6.08. The lowest BCUT2D eigenvalue weighted by Gasteiger charge is -2.25. The summed E-state index contributed by atoms with van der Waals surface area (Å²) in [7, 11) is -2.62. The zero-order valence-corrected chi connectivity index (χ0v) is 13.2.